The van der Waals surface area contributed by atoms with E-state index in [-0.39, 0.29) is 5.69 Å². The molecular weight excluding hydrogens is 317 g/mol. The minimum Gasteiger partial charge on any atom is -0.381 e. The van der Waals surface area contributed by atoms with Crippen LogP contribution in [-0.2, 0) is 19.9 Å². The molecule has 0 amide bonds. The number of rotatable bonds is 4. The summed E-state index contributed by atoms with van der Waals surface area (Å²) >= 11 is 3.03. The summed E-state index contributed by atoms with van der Waals surface area (Å²) in [5.41, 5.74) is -2.12. The number of halogens is 2. The van der Waals surface area contributed by atoms with Gasteiger partial charge in [-0.2, -0.15) is 8.42 Å². The zero-order chi connectivity index (χ0) is 13.3. The van der Waals surface area contributed by atoms with Gasteiger partial charge in [0.25, 0.3) is 10.1 Å². The summed E-state index contributed by atoms with van der Waals surface area (Å²) in [6.45, 7) is 0.613. The average molecular weight is 328 g/mol. The van der Waals surface area contributed by atoms with Crippen LogP contribution in [0.4, 0.5) is 4.39 Å². The van der Waals surface area contributed by atoms with E-state index in [4.69, 9.17) is 0 Å². The van der Waals surface area contributed by atoms with Crippen molar-refractivity contribution in [1.82, 2.24) is 4.98 Å². The smallest absolute Gasteiger partial charge is 0.264 e. The van der Waals surface area contributed by atoms with Crippen molar-refractivity contribution in [1.29, 1.82) is 0 Å². The van der Waals surface area contributed by atoms with E-state index in [1.54, 1.807) is 0 Å². The Balaban J connectivity index is 3.00. The van der Waals surface area contributed by atoms with Crippen molar-refractivity contribution in [2.45, 2.75) is 12.5 Å². The fourth-order valence-corrected chi connectivity index (χ4v) is 1.84. The molecule has 8 heteroatoms. The van der Waals surface area contributed by atoms with Crippen LogP contribution in [0.1, 0.15) is 12.6 Å². The highest BCUT2D eigenvalue weighted by atomic mass is 79.9. The first-order valence-electron chi connectivity index (χ1n) is 4.51. The lowest BCUT2D eigenvalue weighted by molar-refractivity contribution is 0.00297. The van der Waals surface area contributed by atoms with Crippen LogP contribution in [0.25, 0.3) is 0 Å². The zero-order valence-corrected chi connectivity index (χ0v) is 11.5. The Kier molecular flexibility index (Phi) is 4.23. The third-order valence-corrected chi connectivity index (χ3v) is 2.86. The topological polar surface area (TPSA) is 76.5 Å². The molecule has 0 radical (unpaired) electrons. The van der Waals surface area contributed by atoms with Gasteiger partial charge in [-0.25, -0.2) is 9.37 Å². The van der Waals surface area contributed by atoms with Crippen molar-refractivity contribution in [3.05, 3.63) is 28.2 Å². The molecule has 1 aromatic heterocycles. The van der Waals surface area contributed by atoms with Crippen molar-refractivity contribution in [2.75, 3.05) is 12.9 Å². The van der Waals surface area contributed by atoms with Gasteiger partial charge in [-0.3, -0.25) is 4.18 Å². The fraction of sp³-hybridized carbons (Fsp3) is 0.444. The average Bonchev–Trinajstić information content (AvgIpc) is 2.18. The molecule has 0 saturated heterocycles. The highest BCUT2D eigenvalue weighted by molar-refractivity contribution is 9.10. The fourth-order valence-electron chi connectivity index (χ4n) is 1.09. The van der Waals surface area contributed by atoms with Crippen molar-refractivity contribution in [2.24, 2.45) is 0 Å². The predicted molar refractivity (Wildman–Crippen MR) is 62.3 cm³/mol. The Bertz CT molecular complexity index is 518. The van der Waals surface area contributed by atoms with Crippen LogP contribution in [0, 0.1) is 5.82 Å². The zero-order valence-electron chi connectivity index (χ0n) is 9.15. The minimum atomic E-state index is -3.71. The number of aromatic nitrogens is 1. The van der Waals surface area contributed by atoms with Crippen LogP contribution in [-0.4, -0.2) is 31.4 Å². The second-order valence-electron chi connectivity index (χ2n) is 3.70. The van der Waals surface area contributed by atoms with Crippen LogP contribution in [0.3, 0.4) is 0 Å². The van der Waals surface area contributed by atoms with Crippen molar-refractivity contribution < 1.29 is 22.1 Å². The summed E-state index contributed by atoms with van der Waals surface area (Å²) in [7, 11) is -3.71. The molecule has 1 unspecified atom stereocenters. The largest absolute Gasteiger partial charge is 0.381 e. The second kappa shape index (κ2) is 4.97. The Morgan fingerprint density at radius 3 is 2.71 bits per heavy atom. The first-order chi connectivity index (χ1) is 7.62. The van der Waals surface area contributed by atoms with E-state index in [9.17, 15) is 17.9 Å². The molecule has 0 spiro atoms. The lowest BCUT2D eigenvalue weighted by atomic mass is 10.0. The minimum absolute atomic E-state index is 0.282. The maximum atomic E-state index is 13.4. The highest BCUT2D eigenvalue weighted by Crippen LogP contribution is 2.24. The lowest BCUT2D eigenvalue weighted by Gasteiger charge is -2.22. The third-order valence-electron chi connectivity index (χ3n) is 1.88. The molecule has 0 saturated carbocycles. The van der Waals surface area contributed by atoms with Crippen LogP contribution in [0.5, 0.6) is 0 Å². The maximum Gasteiger partial charge on any atom is 0.264 e. The number of pyridine rings is 1. The van der Waals surface area contributed by atoms with E-state index in [0.717, 1.165) is 12.3 Å². The molecule has 0 aliphatic heterocycles. The SMILES string of the molecule is CC(O)(COS(C)(=O)=O)c1nc(Br)ccc1F. The van der Waals surface area contributed by atoms with E-state index in [2.05, 4.69) is 25.1 Å². The maximum absolute atomic E-state index is 13.4. The summed E-state index contributed by atoms with van der Waals surface area (Å²) in [4.78, 5) is 3.76. The van der Waals surface area contributed by atoms with Crippen LogP contribution in [0.15, 0.2) is 16.7 Å². The molecule has 0 aliphatic carbocycles. The Morgan fingerprint density at radius 1 is 1.59 bits per heavy atom. The molecule has 1 rings (SSSR count). The van der Waals surface area contributed by atoms with Crippen LogP contribution >= 0.6 is 15.9 Å². The molecule has 17 heavy (non-hydrogen) atoms. The molecular formula is C9H11BrFNO4S. The molecule has 0 aliphatic rings. The summed E-state index contributed by atoms with van der Waals surface area (Å²) in [5.74, 6) is -0.740. The third kappa shape index (κ3) is 4.30. The molecule has 96 valence electrons. The summed E-state index contributed by atoms with van der Waals surface area (Å²) < 4.78 is 39.8. The molecule has 1 atom stereocenters. The van der Waals surface area contributed by atoms with Crippen molar-refractivity contribution in [3.8, 4) is 0 Å². The second-order valence-corrected chi connectivity index (χ2v) is 6.16. The van der Waals surface area contributed by atoms with Gasteiger partial charge in [0.1, 0.15) is 28.3 Å². The van der Waals surface area contributed by atoms with Gasteiger partial charge in [0.15, 0.2) is 0 Å². The molecule has 1 aromatic rings. The quantitative estimate of drug-likeness (QED) is 0.663. The summed E-state index contributed by atoms with van der Waals surface area (Å²) in [6, 6.07) is 2.48. The van der Waals surface area contributed by atoms with Crippen molar-refractivity contribution in [3.63, 3.8) is 0 Å². The van der Waals surface area contributed by atoms with E-state index >= 15 is 0 Å². The molecule has 0 bridgehead atoms. The molecule has 0 aromatic carbocycles. The predicted octanol–water partition coefficient (Wildman–Crippen LogP) is 1.17. The standard InChI is InChI=1S/C9H11BrFNO4S/c1-9(13,5-16-17(2,14)15)8-6(11)3-4-7(10)12-8/h3-4,13H,5H2,1-2H3. The number of nitrogens with zero attached hydrogens (tertiary/aromatic N) is 1. The molecule has 5 nitrogen and oxygen atoms in total. The Labute approximate surface area is 107 Å². The van der Waals surface area contributed by atoms with Crippen LogP contribution in [0.2, 0.25) is 0 Å². The van der Waals surface area contributed by atoms with Gasteiger partial charge in [0, 0.05) is 0 Å². The Hall–Kier alpha value is -0.570. The van der Waals surface area contributed by atoms with Crippen LogP contribution < -0.4 is 0 Å². The Morgan fingerprint density at radius 2 is 2.18 bits per heavy atom. The number of hydrogen-bond donors (Lipinski definition) is 1. The van der Waals surface area contributed by atoms with Gasteiger partial charge < -0.3 is 5.11 Å². The monoisotopic (exact) mass is 327 g/mol. The van der Waals surface area contributed by atoms with Gasteiger partial charge in [0.2, 0.25) is 0 Å². The van der Waals surface area contributed by atoms with Gasteiger partial charge in [-0.15, -0.1) is 0 Å². The van der Waals surface area contributed by atoms with Gasteiger partial charge in [-0.1, -0.05) is 0 Å². The molecule has 0 fully saturated rings. The summed E-state index contributed by atoms with van der Waals surface area (Å²) in [5, 5.41) is 9.94. The highest BCUT2D eigenvalue weighted by Gasteiger charge is 2.30. The van der Waals surface area contributed by atoms with E-state index in [1.807, 2.05) is 0 Å². The van der Waals surface area contributed by atoms with Gasteiger partial charge >= 0.3 is 0 Å². The van der Waals surface area contributed by atoms with E-state index < -0.39 is 28.1 Å². The van der Waals surface area contributed by atoms with Gasteiger partial charge in [-0.05, 0) is 35.0 Å². The number of aliphatic hydroxyl groups is 1. The van der Waals surface area contributed by atoms with E-state index in [1.165, 1.54) is 13.0 Å². The lowest BCUT2D eigenvalue weighted by Crippen LogP contribution is -2.31. The first kappa shape index (κ1) is 14.5. The van der Waals surface area contributed by atoms with Crippen molar-refractivity contribution >= 4 is 26.0 Å². The summed E-state index contributed by atoms with van der Waals surface area (Å²) in [6.07, 6.45) is 0.841. The first-order valence-corrected chi connectivity index (χ1v) is 7.12. The normalized spacial score (nSPS) is 15.6. The molecule has 1 N–H and O–H groups in total. The van der Waals surface area contributed by atoms with E-state index in [0.29, 0.717) is 4.60 Å². The number of hydrogen-bond acceptors (Lipinski definition) is 5. The molecule has 1 heterocycles. The van der Waals surface area contributed by atoms with Gasteiger partial charge in [0.05, 0.1) is 6.26 Å².